The Balaban J connectivity index is 1.88. The molecule has 0 aliphatic carbocycles. The summed E-state index contributed by atoms with van der Waals surface area (Å²) in [6, 6.07) is 7.26. The molecule has 0 atom stereocenters. The number of azo groups is 1. The van der Waals surface area contributed by atoms with E-state index in [1.54, 1.807) is 25.1 Å². The molecule has 0 aliphatic rings. The van der Waals surface area contributed by atoms with E-state index >= 15 is 0 Å². The largest absolute Gasteiger partial charge is 0.384 e. The van der Waals surface area contributed by atoms with Crippen LogP contribution < -0.4 is 5.63 Å². The summed E-state index contributed by atoms with van der Waals surface area (Å²) in [7, 11) is 0. The van der Waals surface area contributed by atoms with Crippen molar-refractivity contribution < 1.29 is 4.52 Å². The van der Waals surface area contributed by atoms with E-state index in [2.05, 4.69) is 36.7 Å². The third kappa shape index (κ3) is 3.01. The summed E-state index contributed by atoms with van der Waals surface area (Å²) in [4.78, 5) is 11.4. The molecule has 0 radical (unpaired) electrons. The standard InChI is InChI=1S/C15H14N6O2S/c1-3-8-21-13(18-19-15(21)24)10-4-6-11(7-5-10)16-17-12-9(2)20-23-14(12)22/h3-7,20H,1,8H2,2H3,(H,19,24). The minimum atomic E-state index is -0.548. The number of aryl methyl sites for hydroxylation is 1. The molecule has 2 N–H and O–H groups in total. The maximum absolute atomic E-state index is 11.4. The number of benzene rings is 1. The van der Waals surface area contributed by atoms with Crippen molar-refractivity contribution in [2.45, 2.75) is 13.5 Å². The van der Waals surface area contributed by atoms with E-state index in [0.29, 0.717) is 28.5 Å². The summed E-state index contributed by atoms with van der Waals surface area (Å²) in [5.41, 5.74) is 1.61. The lowest BCUT2D eigenvalue weighted by Crippen LogP contribution is -1.98. The molecule has 3 aromatic rings. The maximum Gasteiger partial charge on any atom is 0.384 e. The zero-order valence-corrected chi connectivity index (χ0v) is 13.6. The van der Waals surface area contributed by atoms with E-state index in [0.717, 1.165) is 5.56 Å². The number of hydrogen-bond acceptors (Lipinski definition) is 6. The Morgan fingerprint density at radius 2 is 2.12 bits per heavy atom. The molecule has 0 fully saturated rings. The third-order valence-corrected chi connectivity index (χ3v) is 3.62. The smallest absolute Gasteiger partial charge is 0.336 e. The van der Waals surface area contributed by atoms with Crippen LogP contribution in [0.15, 0.2) is 56.5 Å². The highest BCUT2D eigenvalue weighted by Crippen LogP contribution is 2.23. The molecule has 0 spiro atoms. The van der Waals surface area contributed by atoms with Gasteiger partial charge in [-0.1, -0.05) is 6.08 Å². The summed E-state index contributed by atoms with van der Waals surface area (Å²) < 4.78 is 7.00. The average Bonchev–Trinajstić information content (AvgIpc) is 3.10. The SMILES string of the molecule is C=CCn1c(-c2ccc(N=Nc3c(C)[nH]oc3=O)cc2)n[nH]c1=S. The molecule has 0 aliphatic heterocycles. The highest BCUT2D eigenvalue weighted by Gasteiger charge is 2.09. The fourth-order valence-electron chi connectivity index (χ4n) is 2.11. The number of H-pyrrole nitrogens is 2. The number of allylic oxidation sites excluding steroid dienone is 1. The van der Waals surface area contributed by atoms with E-state index in [-0.39, 0.29) is 5.69 Å². The molecular weight excluding hydrogens is 328 g/mol. The van der Waals surface area contributed by atoms with Crippen LogP contribution in [0.2, 0.25) is 0 Å². The van der Waals surface area contributed by atoms with Crippen LogP contribution in [0.4, 0.5) is 11.4 Å². The van der Waals surface area contributed by atoms with Gasteiger partial charge in [0.25, 0.3) is 0 Å². The number of hydrogen-bond donors (Lipinski definition) is 2. The van der Waals surface area contributed by atoms with Gasteiger partial charge in [-0.05, 0) is 43.4 Å². The molecule has 1 aromatic carbocycles. The van der Waals surface area contributed by atoms with Crippen molar-refractivity contribution in [3.63, 3.8) is 0 Å². The van der Waals surface area contributed by atoms with E-state index in [4.69, 9.17) is 12.2 Å². The Morgan fingerprint density at radius 1 is 1.38 bits per heavy atom. The normalized spacial score (nSPS) is 11.2. The fraction of sp³-hybridized carbons (Fsp3) is 0.133. The van der Waals surface area contributed by atoms with Crippen molar-refractivity contribution in [3.05, 3.63) is 57.8 Å². The number of aromatic amines is 2. The summed E-state index contributed by atoms with van der Waals surface area (Å²) in [6.07, 6.45) is 1.75. The lowest BCUT2D eigenvalue weighted by Gasteiger charge is -2.03. The first-order valence-corrected chi connectivity index (χ1v) is 7.47. The molecule has 24 heavy (non-hydrogen) atoms. The maximum atomic E-state index is 11.4. The average molecular weight is 342 g/mol. The van der Waals surface area contributed by atoms with Gasteiger partial charge < -0.3 is 4.52 Å². The molecule has 0 bridgehead atoms. The molecular formula is C15H14N6O2S. The van der Waals surface area contributed by atoms with Gasteiger partial charge in [0.2, 0.25) is 0 Å². The van der Waals surface area contributed by atoms with Crippen LogP contribution in [0.3, 0.4) is 0 Å². The van der Waals surface area contributed by atoms with Crippen molar-refractivity contribution in [2.75, 3.05) is 0 Å². The topological polar surface area (TPSA) is 104 Å². The Hall–Kier alpha value is -3.07. The molecule has 0 amide bonds. The van der Waals surface area contributed by atoms with Gasteiger partial charge in [0.15, 0.2) is 16.3 Å². The van der Waals surface area contributed by atoms with Crippen molar-refractivity contribution in [1.29, 1.82) is 0 Å². The first-order chi connectivity index (χ1) is 11.6. The predicted octanol–water partition coefficient (Wildman–Crippen LogP) is 3.80. The summed E-state index contributed by atoms with van der Waals surface area (Å²) in [6.45, 7) is 5.97. The van der Waals surface area contributed by atoms with Crippen LogP contribution >= 0.6 is 12.2 Å². The van der Waals surface area contributed by atoms with Gasteiger partial charge in [0, 0.05) is 12.1 Å². The van der Waals surface area contributed by atoms with Gasteiger partial charge >= 0.3 is 5.63 Å². The first-order valence-electron chi connectivity index (χ1n) is 7.06. The summed E-state index contributed by atoms with van der Waals surface area (Å²) >= 11 is 5.20. The second-order valence-electron chi connectivity index (χ2n) is 4.96. The first kappa shape index (κ1) is 15.8. The Bertz CT molecular complexity index is 1010. The minimum Gasteiger partial charge on any atom is -0.336 e. The monoisotopic (exact) mass is 342 g/mol. The number of aromatic nitrogens is 4. The Labute approximate surface area is 141 Å². The molecule has 9 heteroatoms. The van der Waals surface area contributed by atoms with Crippen LogP contribution in [0, 0.1) is 11.7 Å². The van der Waals surface area contributed by atoms with E-state index in [1.807, 2.05) is 16.7 Å². The minimum absolute atomic E-state index is 0.158. The molecule has 2 aromatic heterocycles. The Morgan fingerprint density at radius 3 is 2.75 bits per heavy atom. The molecule has 2 heterocycles. The fourth-order valence-corrected chi connectivity index (χ4v) is 2.32. The van der Waals surface area contributed by atoms with Gasteiger partial charge in [-0.2, -0.15) is 10.2 Å². The van der Waals surface area contributed by atoms with Gasteiger partial charge in [-0.25, -0.2) is 9.95 Å². The van der Waals surface area contributed by atoms with Crippen LogP contribution in [0.1, 0.15) is 5.69 Å². The number of nitrogens with one attached hydrogen (secondary N) is 2. The molecule has 0 saturated heterocycles. The Kier molecular flexibility index (Phi) is 4.34. The highest BCUT2D eigenvalue weighted by molar-refractivity contribution is 7.71. The van der Waals surface area contributed by atoms with Gasteiger partial charge in [0.1, 0.15) is 0 Å². The zero-order chi connectivity index (χ0) is 17.1. The molecule has 8 nitrogen and oxygen atoms in total. The van der Waals surface area contributed by atoms with Crippen LogP contribution in [0.25, 0.3) is 11.4 Å². The highest BCUT2D eigenvalue weighted by atomic mass is 32.1. The second-order valence-corrected chi connectivity index (χ2v) is 5.35. The predicted molar refractivity (Wildman–Crippen MR) is 91.3 cm³/mol. The molecule has 0 unspecified atom stereocenters. The molecule has 122 valence electrons. The lowest BCUT2D eigenvalue weighted by atomic mass is 10.2. The van der Waals surface area contributed by atoms with Crippen molar-refractivity contribution in [2.24, 2.45) is 10.2 Å². The quantitative estimate of drug-likeness (QED) is 0.418. The summed E-state index contributed by atoms with van der Waals surface area (Å²) in [5.74, 6) is 0.713. The summed E-state index contributed by atoms with van der Waals surface area (Å²) in [5, 5.41) is 17.4. The van der Waals surface area contributed by atoms with Crippen LogP contribution in [-0.4, -0.2) is 19.9 Å². The third-order valence-electron chi connectivity index (χ3n) is 3.31. The number of rotatable bonds is 5. The number of nitrogens with zero attached hydrogens (tertiary/aromatic N) is 4. The second kappa shape index (κ2) is 6.59. The van der Waals surface area contributed by atoms with E-state index in [9.17, 15) is 4.79 Å². The van der Waals surface area contributed by atoms with E-state index < -0.39 is 5.63 Å². The lowest BCUT2D eigenvalue weighted by molar-refractivity contribution is 0.388. The van der Waals surface area contributed by atoms with Crippen molar-refractivity contribution in [1.82, 2.24) is 19.9 Å². The van der Waals surface area contributed by atoms with Gasteiger partial charge in [-0.3, -0.25) is 9.67 Å². The van der Waals surface area contributed by atoms with Gasteiger partial charge in [0.05, 0.1) is 11.4 Å². The molecule has 0 saturated carbocycles. The van der Waals surface area contributed by atoms with Crippen LogP contribution in [-0.2, 0) is 6.54 Å². The zero-order valence-electron chi connectivity index (χ0n) is 12.8. The molecule has 3 rings (SSSR count). The van der Waals surface area contributed by atoms with Crippen molar-refractivity contribution in [3.8, 4) is 11.4 Å². The van der Waals surface area contributed by atoms with Gasteiger partial charge in [-0.15, -0.1) is 11.7 Å². The van der Waals surface area contributed by atoms with E-state index in [1.165, 1.54) is 0 Å². The van der Waals surface area contributed by atoms with Crippen molar-refractivity contribution >= 4 is 23.6 Å². The van der Waals surface area contributed by atoms with Crippen LogP contribution in [0.5, 0.6) is 0 Å².